The van der Waals surface area contributed by atoms with Crippen LogP contribution >= 0.6 is 0 Å². The Morgan fingerprint density at radius 3 is 3.00 bits per heavy atom. The molecule has 1 heterocycles. The highest BCUT2D eigenvalue weighted by Gasteiger charge is 2.36. The fourth-order valence-electron chi connectivity index (χ4n) is 2.76. The van der Waals surface area contributed by atoms with E-state index in [4.69, 9.17) is 9.47 Å². The molecule has 1 aliphatic heterocycles. The third-order valence-corrected chi connectivity index (χ3v) is 4.06. The van der Waals surface area contributed by atoms with Gasteiger partial charge in [-0.25, -0.2) is 0 Å². The Balaban J connectivity index is 1.58. The topological polar surface area (TPSA) is 54.9 Å². The first-order chi connectivity index (χ1) is 10.3. The molecule has 0 amide bonds. The third-order valence-electron chi connectivity index (χ3n) is 4.06. The molecule has 5 heteroatoms. The first-order valence-corrected chi connectivity index (χ1v) is 8.57. The van der Waals surface area contributed by atoms with E-state index in [0.29, 0.717) is 12.1 Å². The maximum atomic E-state index is 5.75. The molecule has 122 valence electrons. The zero-order valence-electron chi connectivity index (χ0n) is 13.6. The zero-order chi connectivity index (χ0) is 14.9. The molecule has 2 rings (SSSR count). The Kier molecular flexibility index (Phi) is 7.30. The first kappa shape index (κ1) is 16.6. The maximum absolute atomic E-state index is 5.75. The van der Waals surface area contributed by atoms with Crippen molar-refractivity contribution < 1.29 is 9.47 Å². The minimum Gasteiger partial charge on any atom is -0.379 e. The Bertz CT molecular complexity index is 317. The molecule has 5 nitrogen and oxygen atoms in total. The molecule has 1 saturated heterocycles. The summed E-state index contributed by atoms with van der Waals surface area (Å²) in [6, 6.07) is 0.634. The lowest BCUT2D eigenvalue weighted by Gasteiger charge is -2.12. The maximum Gasteiger partial charge on any atom is 0.191 e. The molecule has 0 aromatic heterocycles. The lowest BCUT2D eigenvalue weighted by atomic mass is 10.2. The SMILES string of the molecule is CCCC1CC1NC(=NCCCOC1CCOC1)NCC. The number of aliphatic imine (C=N–C) groups is 1. The van der Waals surface area contributed by atoms with Crippen LogP contribution in [0, 0.1) is 5.92 Å². The summed E-state index contributed by atoms with van der Waals surface area (Å²) in [5.74, 6) is 1.81. The van der Waals surface area contributed by atoms with Gasteiger partial charge in [-0.2, -0.15) is 0 Å². The van der Waals surface area contributed by atoms with Crippen LogP contribution in [0.15, 0.2) is 4.99 Å². The van der Waals surface area contributed by atoms with Crippen LogP contribution in [0.2, 0.25) is 0 Å². The van der Waals surface area contributed by atoms with Crippen LogP contribution in [0.3, 0.4) is 0 Å². The minimum atomic E-state index is 0.307. The molecule has 2 fully saturated rings. The lowest BCUT2D eigenvalue weighted by molar-refractivity contribution is 0.0424. The molecule has 3 unspecified atom stereocenters. The van der Waals surface area contributed by atoms with E-state index >= 15 is 0 Å². The lowest BCUT2D eigenvalue weighted by Crippen LogP contribution is -2.39. The van der Waals surface area contributed by atoms with E-state index in [1.165, 1.54) is 19.3 Å². The van der Waals surface area contributed by atoms with E-state index in [0.717, 1.165) is 57.6 Å². The smallest absolute Gasteiger partial charge is 0.191 e. The molecule has 1 aliphatic carbocycles. The zero-order valence-corrected chi connectivity index (χ0v) is 13.6. The van der Waals surface area contributed by atoms with Gasteiger partial charge < -0.3 is 20.1 Å². The second kappa shape index (κ2) is 9.26. The first-order valence-electron chi connectivity index (χ1n) is 8.57. The predicted octanol–water partition coefficient (Wildman–Crippen LogP) is 1.93. The second-order valence-corrected chi connectivity index (χ2v) is 6.01. The van der Waals surface area contributed by atoms with Crippen molar-refractivity contribution >= 4 is 5.96 Å². The molecule has 0 bridgehead atoms. The fourth-order valence-corrected chi connectivity index (χ4v) is 2.76. The summed E-state index contributed by atoms with van der Waals surface area (Å²) >= 11 is 0. The van der Waals surface area contributed by atoms with Gasteiger partial charge in [-0.1, -0.05) is 13.3 Å². The largest absolute Gasteiger partial charge is 0.379 e. The normalized spacial score (nSPS) is 28.7. The quantitative estimate of drug-likeness (QED) is 0.388. The third kappa shape index (κ3) is 6.22. The summed E-state index contributed by atoms with van der Waals surface area (Å²) < 4.78 is 11.0. The van der Waals surface area contributed by atoms with Crippen molar-refractivity contribution in [3.63, 3.8) is 0 Å². The Hall–Kier alpha value is -0.810. The predicted molar refractivity (Wildman–Crippen MR) is 85.7 cm³/mol. The number of ether oxygens (including phenoxy) is 2. The number of hydrogen-bond acceptors (Lipinski definition) is 3. The molecule has 0 radical (unpaired) electrons. The van der Waals surface area contributed by atoms with Crippen molar-refractivity contribution in [1.29, 1.82) is 0 Å². The monoisotopic (exact) mass is 297 g/mol. The highest BCUT2D eigenvalue weighted by atomic mass is 16.5. The van der Waals surface area contributed by atoms with Crippen LogP contribution in [-0.4, -0.2) is 51.0 Å². The van der Waals surface area contributed by atoms with Crippen molar-refractivity contribution in [2.75, 3.05) is 32.9 Å². The van der Waals surface area contributed by atoms with Crippen molar-refractivity contribution in [2.24, 2.45) is 10.9 Å². The van der Waals surface area contributed by atoms with Crippen molar-refractivity contribution in [3.8, 4) is 0 Å². The number of guanidine groups is 1. The average Bonchev–Trinajstić information content (AvgIpc) is 3.00. The highest BCUT2D eigenvalue weighted by Crippen LogP contribution is 2.34. The fraction of sp³-hybridized carbons (Fsp3) is 0.938. The Morgan fingerprint density at radius 1 is 1.38 bits per heavy atom. The van der Waals surface area contributed by atoms with Crippen LogP contribution < -0.4 is 10.6 Å². The van der Waals surface area contributed by atoms with E-state index in [1.54, 1.807) is 0 Å². The van der Waals surface area contributed by atoms with Gasteiger partial charge in [0.05, 0.1) is 12.7 Å². The molecule has 0 aromatic carbocycles. The standard InChI is InChI=1S/C16H31N3O2/c1-3-6-13-11-15(13)19-16(17-4-2)18-8-5-9-21-14-7-10-20-12-14/h13-15H,3-12H2,1-2H3,(H2,17,18,19). The van der Waals surface area contributed by atoms with E-state index < -0.39 is 0 Å². The molecule has 0 spiro atoms. The van der Waals surface area contributed by atoms with Gasteiger partial charge in [0.15, 0.2) is 5.96 Å². The molecule has 0 aromatic rings. The summed E-state index contributed by atoms with van der Waals surface area (Å²) in [6.45, 7) is 8.46. The van der Waals surface area contributed by atoms with Crippen LogP contribution in [0.25, 0.3) is 0 Å². The number of nitrogens with zero attached hydrogens (tertiary/aromatic N) is 1. The number of hydrogen-bond donors (Lipinski definition) is 2. The highest BCUT2D eigenvalue weighted by molar-refractivity contribution is 5.80. The van der Waals surface area contributed by atoms with E-state index in [1.807, 2.05) is 0 Å². The molecular weight excluding hydrogens is 266 g/mol. The van der Waals surface area contributed by atoms with Gasteiger partial charge in [0.1, 0.15) is 0 Å². The van der Waals surface area contributed by atoms with Crippen LogP contribution in [0.1, 0.15) is 46.0 Å². The summed E-state index contributed by atoms with van der Waals surface area (Å²) in [5.41, 5.74) is 0. The van der Waals surface area contributed by atoms with Gasteiger partial charge in [-0.05, 0) is 38.5 Å². The van der Waals surface area contributed by atoms with Crippen LogP contribution in [0.5, 0.6) is 0 Å². The molecule has 21 heavy (non-hydrogen) atoms. The Labute approximate surface area is 128 Å². The van der Waals surface area contributed by atoms with Gasteiger partial charge in [-0.3, -0.25) is 4.99 Å². The van der Waals surface area contributed by atoms with Gasteiger partial charge >= 0.3 is 0 Å². The Morgan fingerprint density at radius 2 is 2.29 bits per heavy atom. The molecule has 2 aliphatic rings. The number of rotatable bonds is 9. The van der Waals surface area contributed by atoms with Crippen molar-refractivity contribution in [1.82, 2.24) is 10.6 Å². The van der Waals surface area contributed by atoms with Gasteiger partial charge in [0.2, 0.25) is 0 Å². The van der Waals surface area contributed by atoms with Crippen LogP contribution in [-0.2, 0) is 9.47 Å². The average molecular weight is 297 g/mol. The van der Waals surface area contributed by atoms with Crippen molar-refractivity contribution in [3.05, 3.63) is 0 Å². The van der Waals surface area contributed by atoms with E-state index in [9.17, 15) is 0 Å². The summed E-state index contributed by atoms with van der Waals surface area (Å²) in [7, 11) is 0. The van der Waals surface area contributed by atoms with Crippen LogP contribution in [0.4, 0.5) is 0 Å². The number of nitrogens with one attached hydrogen (secondary N) is 2. The van der Waals surface area contributed by atoms with E-state index in [-0.39, 0.29) is 0 Å². The van der Waals surface area contributed by atoms with Gasteiger partial charge in [0.25, 0.3) is 0 Å². The van der Waals surface area contributed by atoms with Crippen molar-refractivity contribution in [2.45, 2.75) is 58.1 Å². The minimum absolute atomic E-state index is 0.307. The molecule has 3 atom stereocenters. The van der Waals surface area contributed by atoms with E-state index in [2.05, 4.69) is 29.5 Å². The van der Waals surface area contributed by atoms with Gasteiger partial charge in [0, 0.05) is 32.3 Å². The molecule has 1 saturated carbocycles. The molecule has 2 N–H and O–H groups in total. The summed E-state index contributed by atoms with van der Waals surface area (Å²) in [4.78, 5) is 4.64. The summed E-state index contributed by atoms with van der Waals surface area (Å²) in [5, 5.41) is 6.86. The second-order valence-electron chi connectivity index (χ2n) is 6.01. The van der Waals surface area contributed by atoms with Gasteiger partial charge in [-0.15, -0.1) is 0 Å². The summed E-state index contributed by atoms with van der Waals surface area (Å²) in [6.07, 6.45) is 6.21. The molecular formula is C16H31N3O2.